The number of aromatic nitrogens is 2. The van der Waals surface area contributed by atoms with E-state index < -0.39 is 32.1 Å². The lowest BCUT2D eigenvalue weighted by Crippen LogP contribution is -2.44. The molecule has 0 spiro atoms. The largest absolute Gasteiger partial charge is 0.377 e. The summed E-state index contributed by atoms with van der Waals surface area (Å²) in [5.41, 5.74) is 1.38. The molecule has 2 heterocycles. The molecule has 9 nitrogen and oxygen atoms in total. The first-order valence-corrected chi connectivity index (χ1v) is 14.4. The summed E-state index contributed by atoms with van der Waals surface area (Å²) in [5.74, 6) is -1.72. The van der Waals surface area contributed by atoms with E-state index in [0.29, 0.717) is 42.9 Å². The molecule has 1 saturated carbocycles. The number of amides is 2. The lowest BCUT2D eigenvalue weighted by atomic mass is 9.93. The Hall–Kier alpha value is -3.64. The maximum Gasteiger partial charge on any atom is 0.319 e. The summed E-state index contributed by atoms with van der Waals surface area (Å²) in [6.07, 6.45) is 3.08. The van der Waals surface area contributed by atoms with Gasteiger partial charge in [-0.05, 0) is 62.6 Å². The normalized spacial score (nSPS) is 17.9. The fraction of sp³-hybridized carbons (Fsp3) is 0.370. The molecule has 1 saturated heterocycles. The van der Waals surface area contributed by atoms with Gasteiger partial charge < -0.3 is 20.3 Å². The van der Waals surface area contributed by atoms with Gasteiger partial charge in [-0.1, -0.05) is 0 Å². The fourth-order valence-electron chi connectivity index (χ4n) is 4.49. The smallest absolute Gasteiger partial charge is 0.319 e. The van der Waals surface area contributed by atoms with E-state index in [1.54, 1.807) is 30.3 Å². The number of hydrogen-bond acceptors (Lipinski definition) is 7. The Morgan fingerprint density at radius 3 is 2.44 bits per heavy atom. The van der Waals surface area contributed by atoms with Gasteiger partial charge in [0.1, 0.15) is 17.5 Å². The number of carbonyl (C=O) groups is 1. The highest BCUT2D eigenvalue weighted by molar-refractivity contribution is 7.90. The van der Waals surface area contributed by atoms with Crippen LogP contribution in [0.15, 0.2) is 53.4 Å². The number of nitrogens with zero attached hydrogens (tertiary/aromatic N) is 3. The number of ether oxygens (including phenoxy) is 1. The van der Waals surface area contributed by atoms with E-state index in [4.69, 9.17) is 9.72 Å². The number of anilines is 2. The number of morpholine rings is 1. The molecule has 3 aromatic rings. The van der Waals surface area contributed by atoms with Crippen molar-refractivity contribution < 1.29 is 26.7 Å². The van der Waals surface area contributed by atoms with Crippen molar-refractivity contribution in [1.82, 2.24) is 15.3 Å². The van der Waals surface area contributed by atoms with Crippen LogP contribution in [-0.2, 0) is 20.3 Å². The van der Waals surface area contributed by atoms with Crippen molar-refractivity contribution in [2.45, 2.75) is 48.9 Å². The Morgan fingerprint density at radius 2 is 1.79 bits per heavy atom. The summed E-state index contributed by atoms with van der Waals surface area (Å²) in [4.78, 5) is 22.9. The minimum atomic E-state index is -4.11. The van der Waals surface area contributed by atoms with Crippen LogP contribution in [0.25, 0.3) is 11.4 Å². The van der Waals surface area contributed by atoms with Crippen LogP contribution < -0.4 is 15.5 Å². The van der Waals surface area contributed by atoms with E-state index in [1.807, 2.05) is 11.8 Å². The second-order valence-corrected chi connectivity index (χ2v) is 11.8. The monoisotopic (exact) mass is 557 g/mol. The third-order valence-corrected chi connectivity index (χ3v) is 8.43. The van der Waals surface area contributed by atoms with Gasteiger partial charge >= 0.3 is 6.03 Å². The molecular weight excluding hydrogens is 528 g/mol. The van der Waals surface area contributed by atoms with Gasteiger partial charge in [-0.3, -0.25) is 0 Å². The van der Waals surface area contributed by atoms with E-state index in [1.165, 1.54) is 0 Å². The van der Waals surface area contributed by atoms with Gasteiger partial charge in [-0.15, -0.1) is 0 Å². The van der Waals surface area contributed by atoms with Crippen molar-refractivity contribution >= 4 is 27.4 Å². The van der Waals surface area contributed by atoms with E-state index in [0.717, 1.165) is 31.4 Å². The lowest BCUT2D eigenvalue weighted by molar-refractivity contribution is 0.0985. The predicted molar refractivity (Wildman–Crippen MR) is 142 cm³/mol. The topological polar surface area (TPSA) is 114 Å². The summed E-state index contributed by atoms with van der Waals surface area (Å²) in [6.45, 7) is 3.50. The number of benzene rings is 2. The zero-order chi connectivity index (χ0) is 27.6. The Morgan fingerprint density at radius 1 is 1.08 bits per heavy atom. The average Bonchev–Trinajstić information content (AvgIpc) is 2.86. The zero-order valence-corrected chi connectivity index (χ0v) is 22.2. The van der Waals surface area contributed by atoms with Crippen LogP contribution in [0.2, 0.25) is 0 Å². The SMILES string of the molecule is C[C@H]1COCCN1c1cc(CS(=O)(=O)c2cc(F)cc(F)c2)nc(-c2ccc(NC(=O)NC3CCC3)cc2)n1. The van der Waals surface area contributed by atoms with Gasteiger partial charge in [0.15, 0.2) is 15.7 Å². The van der Waals surface area contributed by atoms with Crippen LogP contribution in [0.3, 0.4) is 0 Å². The van der Waals surface area contributed by atoms with Crippen LogP contribution in [0.1, 0.15) is 31.9 Å². The van der Waals surface area contributed by atoms with Crippen molar-refractivity contribution in [2.75, 3.05) is 30.0 Å². The van der Waals surface area contributed by atoms with Crippen molar-refractivity contribution in [2.24, 2.45) is 0 Å². The molecule has 0 radical (unpaired) electrons. The molecule has 39 heavy (non-hydrogen) atoms. The third-order valence-electron chi connectivity index (χ3n) is 6.80. The van der Waals surface area contributed by atoms with E-state index in [-0.39, 0.29) is 29.6 Å². The molecule has 2 aliphatic rings. The molecule has 0 bridgehead atoms. The number of urea groups is 1. The molecule has 12 heteroatoms. The number of hydrogen-bond donors (Lipinski definition) is 2. The second-order valence-electron chi connectivity index (χ2n) is 9.83. The van der Waals surface area contributed by atoms with E-state index in [9.17, 15) is 22.0 Å². The molecule has 0 unspecified atom stereocenters. The van der Waals surface area contributed by atoms with Gasteiger partial charge in [0.05, 0.1) is 35.6 Å². The summed E-state index contributed by atoms with van der Waals surface area (Å²) < 4.78 is 59.2. The average molecular weight is 558 g/mol. The first-order valence-electron chi connectivity index (χ1n) is 12.8. The number of rotatable bonds is 7. The van der Waals surface area contributed by atoms with E-state index in [2.05, 4.69) is 15.6 Å². The molecule has 2 fully saturated rings. The Kier molecular flexibility index (Phi) is 7.76. The molecule has 2 aromatic carbocycles. The zero-order valence-electron chi connectivity index (χ0n) is 21.4. The quantitative estimate of drug-likeness (QED) is 0.446. The molecule has 1 atom stereocenters. The number of sulfone groups is 1. The third kappa shape index (κ3) is 6.51. The second kappa shape index (κ2) is 11.2. The maximum atomic E-state index is 13.7. The van der Waals surface area contributed by atoms with Gasteiger partial charge in [-0.2, -0.15) is 0 Å². The first-order chi connectivity index (χ1) is 18.7. The fourth-order valence-corrected chi connectivity index (χ4v) is 5.78. The highest BCUT2D eigenvalue weighted by Gasteiger charge is 2.25. The summed E-state index contributed by atoms with van der Waals surface area (Å²) in [5, 5.41) is 5.72. The lowest BCUT2D eigenvalue weighted by Gasteiger charge is -2.34. The highest BCUT2D eigenvalue weighted by atomic mass is 32.2. The van der Waals surface area contributed by atoms with Crippen molar-refractivity contribution in [3.8, 4) is 11.4 Å². The van der Waals surface area contributed by atoms with Crippen LogP contribution in [-0.4, -0.2) is 56.3 Å². The Bertz CT molecular complexity index is 1450. The van der Waals surface area contributed by atoms with Crippen molar-refractivity contribution in [3.05, 3.63) is 65.9 Å². The molecule has 5 rings (SSSR count). The van der Waals surface area contributed by atoms with Crippen LogP contribution in [0.4, 0.5) is 25.1 Å². The van der Waals surface area contributed by atoms with Crippen molar-refractivity contribution in [3.63, 3.8) is 0 Å². The van der Waals surface area contributed by atoms with Gasteiger partial charge in [0.2, 0.25) is 0 Å². The molecule has 1 aliphatic carbocycles. The molecule has 2 N–H and O–H groups in total. The minimum absolute atomic E-state index is 0.0102. The molecule has 206 valence electrons. The standard InChI is InChI=1S/C27H29F2N5O4S/c1-17-15-38-10-9-34(17)25-14-23(16-39(36,37)24-12-19(28)11-20(29)13-24)30-26(33-25)18-5-7-22(8-6-18)32-27(35)31-21-3-2-4-21/h5-8,11-14,17,21H,2-4,9-10,15-16H2,1H3,(H2,31,32,35)/t17-/m0/s1. The minimum Gasteiger partial charge on any atom is -0.377 e. The van der Waals surface area contributed by atoms with Gasteiger partial charge in [-0.25, -0.2) is 32.0 Å². The summed E-state index contributed by atoms with van der Waals surface area (Å²) in [7, 11) is -4.11. The van der Waals surface area contributed by atoms with Gasteiger partial charge in [0.25, 0.3) is 0 Å². The predicted octanol–water partition coefficient (Wildman–Crippen LogP) is 4.29. The number of halogens is 2. The maximum absolute atomic E-state index is 13.7. The van der Waals surface area contributed by atoms with E-state index >= 15 is 0 Å². The summed E-state index contributed by atoms with van der Waals surface area (Å²) >= 11 is 0. The van der Waals surface area contributed by atoms with Gasteiger partial charge in [0, 0.05) is 36.0 Å². The number of carbonyl (C=O) groups excluding carboxylic acids is 1. The summed E-state index contributed by atoms with van der Waals surface area (Å²) in [6, 6.07) is 10.6. The molecule has 2 amide bonds. The Labute approximate surface area is 225 Å². The molecule has 1 aromatic heterocycles. The molecule has 1 aliphatic heterocycles. The molecular formula is C27H29F2N5O4S. The number of nitrogens with one attached hydrogen (secondary N) is 2. The van der Waals surface area contributed by atoms with Crippen molar-refractivity contribution in [1.29, 1.82) is 0 Å². The Balaban J connectivity index is 1.44. The van der Waals surface area contributed by atoms with Crippen LogP contribution >= 0.6 is 0 Å². The van der Waals surface area contributed by atoms with Crippen LogP contribution in [0, 0.1) is 11.6 Å². The van der Waals surface area contributed by atoms with Crippen LogP contribution in [0.5, 0.6) is 0 Å². The highest BCUT2D eigenvalue weighted by Crippen LogP contribution is 2.27. The first kappa shape index (κ1) is 26.9.